The summed E-state index contributed by atoms with van der Waals surface area (Å²) in [6.45, 7) is -0.294. The highest BCUT2D eigenvalue weighted by Gasteiger charge is 2.30. The summed E-state index contributed by atoms with van der Waals surface area (Å²) in [5.41, 5.74) is 0.0353. The maximum absolute atomic E-state index is 14.4. The molecule has 2 heterocycles. The number of pyridine rings is 1. The highest BCUT2D eigenvalue weighted by molar-refractivity contribution is 6.02. The molecular formula is C25H20FN3O4. The number of nitrogens with zero attached hydrogens (tertiary/aromatic N) is 3. The number of esters is 1. The molecule has 0 aliphatic heterocycles. The van der Waals surface area contributed by atoms with E-state index in [9.17, 15) is 18.8 Å². The minimum Gasteiger partial charge on any atom is -0.465 e. The average Bonchev–Trinajstić information content (AvgIpc) is 3.68. The third kappa shape index (κ3) is 3.63. The van der Waals surface area contributed by atoms with E-state index in [2.05, 4.69) is 4.98 Å². The van der Waals surface area contributed by atoms with Crippen LogP contribution in [-0.4, -0.2) is 27.2 Å². The van der Waals surface area contributed by atoms with Gasteiger partial charge in [-0.05, 0) is 37.1 Å². The van der Waals surface area contributed by atoms with E-state index in [0.29, 0.717) is 11.4 Å². The first-order valence-corrected chi connectivity index (χ1v) is 10.6. The molecule has 0 bridgehead atoms. The third-order valence-corrected chi connectivity index (χ3v) is 5.81. The molecule has 2 aromatic carbocycles. The molecular weight excluding hydrogens is 425 g/mol. The summed E-state index contributed by atoms with van der Waals surface area (Å²) in [6.07, 6.45) is 1.83. The van der Waals surface area contributed by atoms with Gasteiger partial charge in [0.1, 0.15) is 5.82 Å². The Labute approximate surface area is 187 Å². The third-order valence-electron chi connectivity index (χ3n) is 5.81. The highest BCUT2D eigenvalue weighted by Crippen LogP contribution is 2.40. The highest BCUT2D eigenvalue weighted by atomic mass is 19.1. The lowest BCUT2D eigenvalue weighted by atomic mass is 10.1. The van der Waals surface area contributed by atoms with Crippen molar-refractivity contribution in [1.82, 2.24) is 14.1 Å². The number of halogens is 1. The zero-order chi connectivity index (χ0) is 23.1. The van der Waals surface area contributed by atoms with Crippen LogP contribution in [0.15, 0.2) is 70.3 Å². The molecule has 0 radical (unpaired) electrons. The van der Waals surface area contributed by atoms with Crippen molar-refractivity contribution >= 4 is 17.0 Å². The molecule has 33 heavy (non-hydrogen) atoms. The van der Waals surface area contributed by atoms with E-state index in [0.717, 1.165) is 17.4 Å². The van der Waals surface area contributed by atoms with Crippen molar-refractivity contribution in [3.63, 3.8) is 0 Å². The molecule has 1 saturated carbocycles. The van der Waals surface area contributed by atoms with Crippen LogP contribution in [0, 0.1) is 5.82 Å². The fourth-order valence-corrected chi connectivity index (χ4v) is 3.96. The number of methoxy groups -OCH3 is 1. The number of hydrogen-bond donors (Lipinski definition) is 0. The molecule has 2 aromatic heterocycles. The Balaban J connectivity index is 1.90. The molecule has 0 unspecified atom stereocenters. The summed E-state index contributed by atoms with van der Waals surface area (Å²) in [5.74, 6) is -1.07. The molecule has 1 aliphatic rings. The van der Waals surface area contributed by atoms with Gasteiger partial charge >= 0.3 is 11.7 Å². The normalized spacial score (nSPS) is 13.3. The Hall–Kier alpha value is -4.07. The van der Waals surface area contributed by atoms with Crippen LogP contribution < -0.4 is 11.2 Å². The van der Waals surface area contributed by atoms with E-state index in [4.69, 9.17) is 4.74 Å². The summed E-state index contributed by atoms with van der Waals surface area (Å²) in [4.78, 5) is 44.5. The van der Waals surface area contributed by atoms with Crippen molar-refractivity contribution < 1.29 is 13.9 Å². The van der Waals surface area contributed by atoms with Crippen molar-refractivity contribution in [2.24, 2.45) is 0 Å². The van der Waals surface area contributed by atoms with Crippen molar-refractivity contribution in [2.45, 2.75) is 25.3 Å². The maximum Gasteiger partial charge on any atom is 0.338 e. The first-order chi connectivity index (χ1) is 16.0. The monoisotopic (exact) mass is 445 g/mol. The summed E-state index contributed by atoms with van der Waals surface area (Å²) in [6, 6.07) is 16.2. The predicted octanol–water partition coefficient (Wildman–Crippen LogP) is 3.40. The van der Waals surface area contributed by atoms with E-state index in [1.807, 2.05) is 0 Å². The fraction of sp³-hybridized carbons (Fsp3) is 0.200. The first kappa shape index (κ1) is 20.8. The van der Waals surface area contributed by atoms with Gasteiger partial charge in [0.2, 0.25) is 0 Å². The van der Waals surface area contributed by atoms with Gasteiger partial charge in [-0.15, -0.1) is 0 Å². The lowest BCUT2D eigenvalue weighted by molar-refractivity contribution is 0.0602. The van der Waals surface area contributed by atoms with Gasteiger partial charge < -0.3 is 4.74 Å². The molecule has 166 valence electrons. The van der Waals surface area contributed by atoms with E-state index in [1.165, 1.54) is 29.9 Å². The van der Waals surface area contributed by atoms with Crippen molar-refractivity contribution in [1.29, 1.82) is 0 Å². The van der Waals surface area contributed by atoms with E-state index >= 15 is 0 Å². The van der Waals surface area contributed by atoms with Gasteiger partial charge in [-0.2, -0.15) is 0 Å². The zero-order valence-corrected chi connectivity index (χ0v) is 17.8. The molecule has 0 atom stereocenters. The van der Waals surface area contributed by atoms with Crippen LogP contribution in [0.2, 0.25) is 0 Å². The summed E-state index contributed by atoms with van der Waals surface area (Å²) < 4.78 is 21.6. The molecule has 7 nitrogen and oxygen atoms in total. The number of rotatable bonds is 5. The Morgan fingerprint density at radius 1 is 1.09 bits per heavy atom. The zero-order valence-electron chi connectivity index (χ0n) is 17.8. The first-order valence-electron chi connectivity index (χ1n) is 10.6. The Morgan fingerprint density at radius 2 is 1.79 bits per heavy atom. The van der Waals surface area contributed by atoms with Crippen molar-refractivity contribution in [3.8, 4) is 5.69 Å². The topological polar surface area (TPSA) is 83.2 Å². The number of fused-ring (bicyclic) bond motifs is 1. The second-order valence-corrected chi connectivity index (χ2v) is 8.00. The van der Waals surface area contributed by atoms with Crippen LogP contribution in [0.25, 0.3) is 16.7 Å². The summed E-state index contributed by atoms with van der Waals surface area (Å²) >= 11 is 0. The van der Waals surface area contributed by atoms with E-state index in [-0.39, 0.29) is 34.6 Å². The molecule has 4 aromatic rings. The number of hydrogen-bond acceptors (Lipinski definition) is 5. The van der Waals surface area contributed by atoms with Crippen LogP contribution in [0.4, 0.5) is 4.39 Å². The van der Waals surface area contributed by atoms with Gasteiger partial charge in [0.25, 0.3) is 5.56 Å². The lowest BCUT2D eigenvalue weighted by Gasteiger charge is -2.16. The molecule has 1 fully saturated rings. The quantitative estimate of drug-likeness (QED) is 0.440. The van der Waals surface area contributed by atoms with Crippen molar-refractivity contribution in [2.75, 3.05) is 7.11 Å². The molecule has 8 heteroatoms. The molecule has 0 N–H and O–H groups in total. The molecule has 5 rings (SSSR count). The largest absolute Gasteiger partial charge is 0.465 e. The number of benzene rings is 2. The summed E-state index contributed by atoms with van der Waals surface area (Å²) in [7, 11) is 1.23. The van der Waals surface area contributed by atoms with Crippen LogP contribution >= 0.6 is 0 Å². The lowest BCUT2D eigenvalue weighted by Crippen LogP contribution is -2.41. The predicted molar refractivity (Wildman–Crippen MR) is 120 cm³/mol. The molecule has 0 spiro atoms. The Kier molecular flexibility index (Phi) is 5.12. The molecule has 0 amide bonds. The minimum atomic E-state index is -0.722. The second kappa shape index (κ2) is 8.12. The molecule has 1 aliphatic carbocycles. The van der Waals surface area contributed by atoms with Crippen molar-refractivity contribution in [3.05, 3.63) is 104 Å². The SMILES string of the molecule is COC(=O)c1cc(C2CC2)nc2c1c(=O)n(Cc1ccccc1F)c(=O)n2-c1ccccc1. The number of carbonyl (C=O) groups is 1. The average molecular weight is 445 g/mol. The van der Waals surface area contributed by atoms with Gasteiger partial charge in [0, 0.05) is 17.2 Å². The van der Waals surface area contributed by atoms with Gasteiger partial charge in [-0.3, -0.25) is 9.36 Å². The van der Waals surface area contributed by atoms with Crippen LogP contribution in [0.5, 0.6) is 0 Å². The second-order valence-electron chi connectivity index (χ2n) is 8.00. The smallest absolute Gasteiger partial charge is 0.338 e. The molecule has 0 saturated heterocycles. The number of aromatic nitrogens is 3. The Morgan fingerprint density at radius 3 is 2.45 bits per heavy atom. The van der Waals surface area contributed by atoms with E-state index < -0.39 is 23.0 Å². The van der Waals surface area contributed by atoms with Gasteiger partial charge in [0.05, 0.1) is 30.3 Å². The van der Waals surface area contributed by atoms with Gasteiger partial charge in [-0.1, -0.05) is 36.4 Å². The Bertz CT molecular complexity index is 1500. The minimum absolute atomic E-state index is 0.0361. The fourth-order valence-electron chi connectivity index (χ4n) is 3.96. The standard InChI is InChI=1S/C25H20FN3O4/c1-33-24(31)18-13-20(15-11-12-15)27-22-21(18)23(30)28(14-16-7-5-6-10-19(16)26)25(32)29(22)17-8-3-2-4-9-17/h2-10,13,15H,11-12,14H2,1H3. The van der Waals surface area contributed by atoms with Crippen LogP contribution in [0.1, 0.15) is 40.4 Å². The summed E-state index contributed by atoms with van der Waals surface area (Å²) in [5, 5.41) is -0.0361. The van der Waals surface area contributed by atoms with E-state index in [1.54, 1.807) is 42.5 Å². The maximum atomic E-state index is 14.4. The number of ether oxygens (including phenoxy) is 1. The van der Waals surface area contributed by atoms with Gasteiger partial charge in [-0.25, -0.2) is 23.5 Å². The van der Waals surface area contributed by atoms with Gasteiger partial charge in [0.15, 0.2) is 5.65 Å². The number of carbonyl (C=O) groups excluding carboxylic acids is 1. The van der Waals surface area contributed by atoms with Crippen LogP contribution in [-0.2, 0) is 11.3 Å². The van der Waals surface area contributed by atoms with Crippen LogP contribution in [0.3, 0.4) is 0 Å². The number of para-hydroxylation sites is 1.